The molecule has 5 nitrogen and oxygen atoms in total. The van der Waals surface area contributed by atoms with Gasteiger partial charge in [0.2, 0.25) is 5.91 Å². The zero-order chi connectivity index (χ0) is 21.3. The Bertz CT molecular complexity index is 803. The van der Waals surface area contributed by atoms with Gasteiger partial charge in [0.1, 0.15) is 0 Å². The predicted molar refractivity (Wildman–Crippen MR) is 123 cm³/mol. The van der Waals surface area contributed by atoms with Gasteiger partial charge >= 0.3 is 0 Å². The van der Waals surface area contributed by atoms with Gasteiger partial charge in [-0.25, -0.2) is 0 Å². The normalized spacial score (nSPS) is 15.9. The number of para-hydroxylation sites is 1. The molecule has 1 N–H and O–H groups in total. The van der Waals surface area contributed by atoms with Crippen LogP contribution in [0.3, 0.4) is 0 Å². The monoisotopic (exact) mass is 409 g/mol. The fraction of sp³-hybridized carbons (Fsp3) is 0.480. The Labute approximate surface area is 181 Å². The number of amides is 1. The largest absolute Gasteiger partial charge is 0.379 e. The molecule has 30 heavy (non-hydrogen) atoms. The Morgan fingerprint density at radius 3 is 2.57 bits per heavy atom. The van der Waals surface area contributed by atoms with Crippen molar-refractivity contribution in [2.24, 2.45) is 0 Å². The first kappa shape index (κ1) is 22.5. The van der Waals surface area contributed by atoms with Crippen molar-refractivity contribution in [2.75, 3.05) is 44.7 Å². The van der Waals surface area contributed by atoms with E-state index in [9.17, 15) is 4.79 Å². The van der Waals surface area contributed by atoms with Gasteiger partial charge in [0, 0.05) is 37.9 Å². The Hall–Kier alpha value is -2.21. The van der Waals surface area contributed by atoms with Crippen molar-refractivity contribution >= 4 is 11.6 Å². The van der Waals surface area contributed by atoms with E-state index in [1.54, 1.807) is 0 Å². The average Bonchev–Trinajstić information content (AvgIpc) is 2.76. The highest BCUT2D eigenvalue weighted by Gasteiger charge is 2.22. The molecule has 0 spiro atoms. The molecule has 0 aliphatic carbocycles. The molecule has 2 aromatic rings. The number of ether oxygens (including phenoxy) is 1. The summed E-state index contributed by atoms with van der Waals surface area (Å²) in [5, 5.41) is 3.19. The van der Waals surface area contributed by atoms with Crippen LogP contribution in [0.2, 0.25) is 0 Å². The maximum Gasteiger partial charge on any atom is 0.238 e. The lowest BCUT2D eigenvalue weighted by atomic mass is 10.1. The van der Waals surface area contributed by atoms with Crippen molar-refractivity contribution in [3.63, 3.8) is 0 Å². The third kappa shape index (κ3) is 6.39. The number of morpholine rings is 1. The van der Waals surface area contributed by atoms with Crippen molar-refractivity contribution < 1.29 is 9.53 Å². The summed E-state index contributed by atoms with van der Waals surface area (Å²) in [4.78, 5) is 17.8. The minimum Gasteiger partial charge on any atom is -0.379 e. The lowest BCUT2D eigenvalue weighted by Crippen LogP contribution is -2.47. The van der Waals surface area contributed by atoms with Crippen LogP contribution in [0.25, 0.3) is 0 Å². The number of nitrogens with zero attached hydrogens (tertiary/aromatic N) is 2. The highest BCUT2D eigenvalue weighted by molar-refractivity contribution is 5.93. The van der Waals surface area contributed by atoms with Crippen LogP contribution in [0, 0.1) is 6.92 Å². The molecule has 1 fully saturated rings. The summed E-state index contributed by atoms with van der Waals surface area (Å²) in [6, 6.07) is 16.9. The molecule has 0 radical (unpaired) electrons. The quantitative estimate of drug-likeness (QED) is 0.686. The van der Waals surface area contributed by atoms with E-state index in [1.165, 1.54) is 11.1 Å². The molecular formula is C25H35N3O2. The van der Waals surface area contributed by atoms with E-state index in [2.05, 4.69) is 78.4 Å². The molecule has 1 heterocycles. The molecule has 0 saturated carbocycles. The van der Waals surface area contributed by atoms with Crippen LogP contribution in [0.15, 0.2) is 48.5 Å². The van der Waals surface area contributed by atoms with E-state index in [0.29, 0.717) is 6.54 Å². The molecule has 0 aromatic heterocycles. The number of carbonyl (C=O) groups excluding carboxylic acids is 1. The van der Waals surface area contributed by atoms with Crippen LogP contribution >= 0.6 is 0 Å². The summed E-state index contributed by atoms with van der Waals surface area (Å²) in [6.07, 6.45) is 0.901. The Kier molecular flexibility index (Phi) is 8.43. The summed E-state index contributed by atoms with van der Waals surface area (Å²) < 4.78 is 5.48. The smallest absolute Gasteiger partial charge is 0.238 e. The molecule has 2 aromatic carbocycles. The highest BCUT2D eigenvalue weighted by Crippen LogP contribution is 2.21. The van der Waals surface area contributed by atoms with Gasteiger partial charge in [-0.3, -0.25) is 14.6 Å². The van der Waals surface area contributed by atoms with Crippen LogP contribution in [0.5, 0.6) is 0 Å². The lowest BCUT2D eigenvalue weighted by molar-refractivity contribution is -0.118. The molecule has 1 aliphatic rings. The van der Waals surface area contributed by atoms with Gasteiger partial charge in [-0.1, -0.05) is 55.5 Å². The van der Waals surface area contributed by atoms with Crippen molar-refractivity contribution in [3.8, 4) is 0 Å². The summed E-state index contributed by atoms with van der Waals surface area (Å²) in [6.45, 7) is 12.0. The number of aryl methyl sites for hydroxylation is 2. The first-order valence-corrected chi connectivity index (χ1v) is 11.0. The number of carbonyl (C=O) groups is 1. The molecule has 5 heteroatoms. The minimum atomic E-state index is 0.0451. The van der Waals surface area contributed by atoms with Crippen molar-refractivity contribution in [2.45, 2.75) is 39.8 Å². The van der Waals surface area contributed by atoms with Crippen molar-refractivity contribution in [3.05, 3.63) is 65.2 Å². The number of benzene rings is 2. The minimum absolute atomic E-state index is 0.0451. The fourth-order valence-electron chi connectivity index (χ4n) is 4.02. The summed E-state index contributed by atoms with van der Waals surface area (Å²) in [5.41, 5.74) is 4.48. The van der Waals surface area contributed by atoms with Crippen molar-refractivity contribution in [1.82, 2.24) is 9.80 Å². The SMILES string of the molecule is CCc1cccc(C)c1NC(=O)CN(Cc1ccccc1)C(C)CN1CCOCC1. The van der Waals surface area contributed by atoms with Crippen molar-refractivity contribution in [1.29, 1.82) is 0 Å². The summed E-state index contributed by atoms with van der Waals surface area (Å²) in [7, 11) is 0. The Morgan fingerprint density at radius 1 is 1.13 bits per heavy atom. The van der Waals surface area contributed by atoms with Crippen LogP contribution in [-0.4, -0.2) is 61.1 Å². The molecule has 1 amide bonds. The second kappa shape index (κ2) is 11.3. The molecule has 162 valence electrons. The number of hydrogen-bond donors (Lipinski definition) is 1. The van der Waals surface area contributed by atoms with E-state index >= 15 is 0 Å². The molecule has 1 atom stereocenters. The zero-order valence-electron chi connectivity index (χ0n) is 18.6. The van der Waals surface area contributed by atoms with E-state index < -0.39 is 0 Å². The third-order valence-corrected chi connectivity index (χ3v) is 5.83. The van der Waals surface area contributed by atoms with Crippen LogP contribution in [0.1, 0.15) is 30.5 Å². The molecular weight excluding hydrogens is 374 g/mol. The summed E-state index contributed by atoms with van der Waals surface area (Å²) >= 11 is 0. The average molecular weight is 410 g/mol. The van der Waals surface area contributed by atoms with Crippen LogP contribution in [-0.2, 0) is 22.5 Å². The number of hydrogen-bond acceptors (Lipinski definition) is 4. The van der Waals surface area contributed by atoms with E-state index in [0.717, 1.165) is 57.1 Å². The fourth-order valence-corrected chi connectivity index (χ4v) is 4.02. The van der Waals surface area contributed by atoms with E-state index in [1.807, 2.05) is 6.07 Å². The number of rotatable bonds is 9. The molecule has 1 saturated heterocycles. The molecule has 0 bridgehead atoms. The third-order valence-electron chi connectivity index (χ3n) is 5.83. The molecule has 3 rings (SSSR count). The van der Waals surface area contributed by atoms with Gasteiger partial charge in [-0.15, -0.1) is 0 Å². The topological polar surface area (TPSA) is 44.8 Å². The molecule has 1 aliphatic heterocycles. The second-order valence-electron chi connectivity index (χ2n) is 8.16. The van der Waals surface area contributed by atoms with Gasteiger partial charge in [0.25, 0.3) is 0 Å². The zero-order valence-corrected chi connectivity index (χ0v) is 18.6. The predicted octanol–water partition coefficient (Wildman–Crippen LogP) is 3.72. The summed E-state index contributed by atoms with van der Waals surface area (Å²) in [5.74, 6) is 0.0451. The number of nitrogens with one attached hydrogen (secondary N) is 1. The number of anilines is 1. The lowest BCUT2D eigenvalue weighted by Gasteiger charge is -2.35. The second-order valence-corrected chi connectivity index (χ2v) is 8.16. The Balaban J connectivity index is 1.70. The maximum atomic E-state index is 13.0. The first-order valence-electron chi connectivity index (χ1n) is 11.0. The van der Waals surface area contributed by atoms with Gasteiger partial charge in [-0.05, 0) is 37.0 Å². The first-order chi connectivity index (χ1) is 14.6. The van der Waals surface area contributed by atoms with Gasteiger partial charge in [0.15, 0.2) is 0 Å². The van der Waals surface area contributed by atoms with Crippen LogP contribution in [0.4, 0.5) is 5.69 Å². The van der Waals surface area contributed by atoms with Gasteiger partial charge < -0.3 is 10.1 Å². The van der Waals surface area contributed by atoms with Crippen LogP contribution < -0.4 is 5.32 Å². The highest BCUT2D eigenvalue weighted by atomic mass is 16.5. The standard InChI is InChI=1S/C25H35N3O2/c1-4-23-12-8-9-20(2)25(23)26-24(29)19-28(18-22-10-6-5-7-11-22)21(3)17-27-13-15-30-16-14-27/h5-12,21H,4,13-19H2,1-3H3,(H,26,29). The van der Waals surface area contributed by atoms with Gasteiger partial charge in [-0.2, -0.15) is 0 Å². The molecule has 1 unspecified atom stereocenters. The van der Waals surface area contributed by atoms with E-state index in [-0.39, 0.29) is 11.9 Å². The maximum absolute atomic E-state index is 13.0. The van der Waals surface area contributed by atoms with E-state index in [4.69, 9.17) is 4.74 Å². The van der Waals surface area contributed by atoms with Gasteiger partial charge in [0.05, 0.1) is 19.8 Å². The Morgan fingerprint density at radius 2 is 1.87 bits per heavy atom.